The number of ether oxygens (including phenoxy) is 1. The molecule has 1 aromatic rings. The van der Waals surface area contributed by atoms with Gasteiger partial charge in [-0.05, 0) is 25.5 Å². The number of nitro benzene ring substituents is 1. The Balaban J connectivity index is 3.01. The number of primary amides is 1. The second-order valence-corrected chi connectivity index (χ2v) is 4.60. The largest absolute Gasteiger partial charge is 0.485 e. The van der Waals surface area contributed by atoms with Gasteiger partial charge < -0.3 is 16.2 Å². The number of rotatable bonds is 6. The molecule has 0 heterocycles. The topological polar surface area (TPSA) is 121 Å². The van der Waals surface area contributed by atoms with Crippen molar-refractivity contribution in [2.75, 3.05) is 6.61 Å². The average Bonchev–Trinajstić information content (AvgIpc) is 2.36. The van der Waals surface area contributed by atoms with Crippen molar-refractivity contribution in [3.8, 4) is 5.75 Å². The highest BCUT2D eigenvalue weighted by atomic mass is 16.6. The quantitative estimate of drug-likeness (QED) is 0.592. The Labute approximate surface area is 110 Å². The third-order valence-corrected chi connectivity index (χ3v) is 2.81. The van der Waals surface area contributed by atoms with Gasteiger partial charge >= 0.3 is 5.69 Å². The van der Waals surface area contributed by atoms with Crippen LogP contribution >= 0.6 is 0 Å². The minimum Gasteiger partial charge on any atom is -0.485 e. The molecule has 1 amide bonds. The molecule has 0 spiro atoms. The number of carbonyl (C=O) groups excluding carboxylic acids is 1. The van der Waals surface area contributed by atoms with Gasteiger partial charge in [0.25, 0.3) is 0 Å². The van der Waals surface area contributed by atoms with Crippen molar-refractivity contribution in [2.24, 2.45) is 11.5 Å². The van der Waals surface area contributed by atoms with Gasteiger partial charge in [-0.1, -0.05) is 6.92 Å². The molecule has 4 N–H and O–H groups in total. The van der Waals surface area contributed by atoms with Gasteiger partial charge in [0.15, 0.2) is 5.75 Å². The SMILES string of the molecule is CCC(C)(N)COc1ccc(C(N)=O)cc1[N+](=O)[O-]. The van der Waals surface area contributed by atoms with E-state index in [1.807, 2.05) is 6.92 Å². The number of carbonyl (C=O) groups is 1. The van der Waals surface area contributed by atoms with Crippen molar-refractivity contribution in [2.45, 2.75) is 25.8 Å². The monoisotopic (exact) mass is 267 g/mol. The van der Waals surface area contributed by atoms with Crippen LogP contribution in [-0.4, -0.2) is 23.0 Å². The van der Waals surface area contributed by atoms with Gasteiger partial charge in [0.05, 0.1) is 4.92 Å². The van der Waals surface area contributed by atoms with Crippen LogP contribution in [0, 0.1) is 10.1 Å². The molecule has 0 bridgehead atoms. The Kier molecular flexibility index (Phi) is 4.44. The van der Waals surface area contributed by atoms with Gasteiger partial charge in [0.2, 0.25) is 5.91 Å². The Morgan fingerprint density at radius 1 is 1.53 bits per heavy atom. The van der Waals surface area contributed by atoms with Crippen LogP contribution in [0.5, 0.6) is 5.75 Å². The van der Waals surface area contributed by atoms with Crippen molar-refractivity contribution >= 4 is 11.6 Å². The first-order valence-corrected chi connectivity index (χ1v) is 5.77. The first kappa shape index (κ1) is 14.9. The second-order valence-electron chi connectivity index (χ2n) is 4.60. The minimum atomic E-state index is -0.730. The fraction of sp³-hybridized carbons (Fsp3) is 0.417. The van der Waals surface area contributed by atoms with Gasteiger partial charge in [0.1, 0.15) is 6.61 Å². The standard InChI is InChI=1S/C12H17N3O4/c1-3-12(2,14)7-19-10-5-4-8(11(13)16)6-9(10)15(17)18/h4-6H,3,7,14H2,1-2H3,(H2,13,16). The minimum absolute atomic E-state index is 0.0602. The van der Waals surface area contributed by atoms with E-state index in [0.717, 1.165) is 6.07 Å². The molecule has 0 fully saturated rings. The van der Waals surface area contributed by atoms with Crippen LogP contribution in [0.25, 0.3) is 0 Å². The highest BCUT2D eigenvalue weighted by Crippen LogP contribution is 2.28. The predicted molar refractivity (Wildman–Crippen MR) is 70.0 cm³/mol. The zero-order valence-corrected chi connectivity index (χ0v) is 10.9. The average molecular weight is 267 g/mol. The third kappa shape index (κ3) is 3.92. The fourth-order valence-electron chi connectivity index (χ4n) is 1.28. The van der Waals surface area contributed by atoms with Crippen LogP contribution in [0.4, 0.5) is 5.69 Å². The van der Waals surface area contributed by atoms with Gasteiger partial charge in [0, 0.05) is 17.2 Å². The highest BCUT2D eigenvalue weighted by molar-refractivity contribution is 5.93. The number of nitrogens with two attached hydrogens (primary N) is 2. The lowest BCUT2D eigenvalue weighted by Crippen LogP contribution is -2.41. The molecular weight excluding hydrogens is 250 g/mol. The molecule has 104 valence electrons. The van der Waals surface area contributed by atoms with E-state index in [4.69, 9.17) is 16.2 Å². The van der Waals surface area contributed by atoms with Crippen molar-refractivity contribution in [1.82, 2.24) is 0 Å². The summed E-state index contributed by atoms with van der Waals surface area (Å²) in [5.41, 5.74) is 10.2. The summed E-state index contributed by atoms with van der Waals surface area (Å²) in [6, 6.07) is 3.83. The lowest BCUT2D eigenvalue weighted by atomic mass is 10.0. The molecule has 0 aliphatic rings. The molecular formula is C12H17N3O4. The Morgan fingerprint density at radius 2 is 2.16 bits per heavy atom. The number of benzene rings is 1. The summed E-state index contributed by atoms with van der Waals surface area (Å²) in [4.78, 5) is 21.3. The number of hydrogen-bond acceptors (Lipinski definition) is 5. The van der Waals surface area contributed by atoms with Crippen LogP contribution in [0.3, 0.4) is 0 Å². The van der Waals surface area contributed by atoms with Crippen LogP contribution in [0.2, 0.25) is 0 Å². The Bertz CT molecular complexity index is 500. The van der Waals surface area contributed by atoms with E-state index in [2.05, 4.69) is 0 Å². The molecule has 0 radical (unpaired) electrons. The molecule has 1 atom stereocenters. The van der Waals surface area contributed by atoms with Gasteiger partial charge in [-0.3, -0.25) is 14.9 Å². The molecule has 0 saturated heterocycles. The summed E-state index contributed by atoms with van der Waals surface area (Å²) in [6.07, 6.45) is 0.667. The normalized spacial score (nSPS) is 13.6. The maximum absolute atomic E-state index is 11.0. The molecule has 19 heavy (non-hydrogen) atoms. The maximum Gasteiger partial charge on any atom is 0.311 e. The van der Waals surface area contributed by atoms with Gasteiger partial charge in [-0.15, -0.1) is 0 Å². The van der Waals surface area contributed by atoms with Crippen molar-refractivity contribution in [3.63, 3.8) is 0 Å². The first-order chi connectivity index (χ1) is 8.76. The van der Waals surface area contributed by atoms with E-state index >= 15 is 0 Å². The van der Waals surface area contributed by atoms with E-state index in [1.165, 1.54) is 12.1 Å². The van der Waals surface area contributed by atoms with Crippen LogP contribution in [0.15, 0.2) is 18.2 Å². The fourth-order valence-corrected chi connectivity index (χ4v) is 1.28. The molecule has 7 heteroatoms. The maximum atomic E-state index is 11.0. The van der Waals surface area contributed by atoms with Crippen molar-refractivity contribution in [3.05, 3.63) is 33.9 Å². The molecule has 0 aliphatic carbocycles. The summed E-state index contributed by atoms with van der Waals surface area (Å²) < 4.78 is 5.37. The second kappa shape index (κ2) is 5.66. The van der Waals surface area contributed by atoms with E-state index in [-0.39, 0.29) is 23.6 Å². The summed E-state index contributed by atoms with van der Waals surface area (Å²) in [6.45, 7) is 3.82. The number of nitro groups is 1. The van der Waals surface area contributed by atoms with Crippen LogP contribution < -0.4 is 16.2 Å². The zero-order chi connectivity index (χ0) is 14.6. The van der Waals surface area contributed by atoms with E-state index < -0.39 is 16.4 Å². The lowest BCUT2D eigenvalue weighted by Gasteiger charge is -2.22. The highest BCUT2D eigenvalue weighted by Gasteiger charge is 2.22. The van der Waals surface area contributed by atoms with Gasteiger partial charge in [-0.25, -0.2) is 0 Å². The lowest BCUT2D eigenvalue weighted by molar-refractivity contribution is -0.385. The third-order valence-electron chi connectivity index (χ3n) is 2.81. The number of nitrogens with zero attached hydrogens (tertiary/aromatic N) is 1. The van der Waals surface area contributed by atoms with E-state index in [0.29, 0.717) is 6.42 Å². The smallest absolute Gasteiger partial charge is 0.311 e. The molecule has 1 unspecified atom stereocenters. The molecule has 0 aliphatic heterocycles. The van der Waals surface area contributed by atoms with Gasteiger partial charge in [-0.2, -0.15) is 0 Å². The summed E-state index contributed by atoms with van der Waals surface area (Å²) in [7, 11) is 0. The molecule has 7 nitrogen and oxygen atoms in total. The molecule has 1 rings (SSSR count). The number of hydrogen-bond donors (Lipinski definition) is 2. The van der Waals surface area contributed by atoms with E-state index in [9.17, 15) is 14.9 Å². The van der Waals surface area contributed by atoms with Crippen molar-refractivity contribution < 1.29 is 14.5 Å². The molecule has 0 saturated carbocycles. The van der Waals surface area contributed by atoms with Crippen molar-refractivity contribution in [1.29, 1.82) is 0 Å². The van der Waals surface area contributed by atoms with Crippen LogP contribution in [-0.2, 0) is 0 Å². The Morgan fingerprint density at radius 3 is 2.63 bits per heavy atom. The zero-order valence-electron chi connectivity index (χ0n) is 10.9. The summed E-state index contributed by atoms with van der Waals surface area (Å²) in [5, 5.41) is 10.9. The summed E-state index contributed by atoms with van der Waals surface area (Å²) >= 11 is 0. The first-order valence-electron chi connectivity index (χ1n) is 5.77. The predicted octanol–water partition coefficient (Wildman–Crippen LogP) is 1.20. The molecule has 1 aromatic carbocycles. The number of amides is 1. The Hall–Kier alpha value is -2.15. The van der Waals surface area contributed by atoms with Crippen LogP contribution in [0.1, 0.15) is 30.6 Å². The van der Waals surface area contributed by atoms with E-state index in [1.54, 1.807) is 6.92 Å². The summed E-state index contributed by atoms with van der Waals surface area (Å²) in [5.74, 6) is -0.660. The molecule has 0 aromatic heterocycles.